The van der Waals surface area contributed by atoms with Gasteiger partial charge in [-0.05, 0) is 67.6 Å². The lowest BCUT2D eigenvalue weighted by Crippen LogP contribution is -2.42. The number of H-pyrrole nitrogens is 1. The molecule has 2 aliphatic heterocycles. The zero-order chi connectivity index (χ0) is 20.7. The second-order valence-electron chi connectivity index (χ2n) is 7.98. The molecular formula is C23H23F2N3O2. The molecule has 3 aromatic rings. The quantitative estimate of drug-likeness (QED) is 0.565. The largest absolute Gasteiger partial charge is 0.489 e. The average molecular weight is 411 g/mol. The van der Waals surface area contributed by atoms with Crippen LogP contribution in [0.5, 0.6) is 5.75 Å². The Balaban J connectivity index is 1.23. The van der Waals surface area contributed by atoms with Gasteiger partial charge in [0.15, 0.2) is 11.6 Å². The molecule has 0 fully saturated rings. The smallest absolute Gasteiger partial charge is 0.251 e. The number of nitrogens with one attached hydrogen (secondary N) is 3. The molecule has 3 N–H and O–H groups in total. The van der Waals surface area contributed by atoms with E-state index in [2.05, 4.69) is 15.6 Å². The number of hydrogen-bond acceptors (Lipinski definition) is 3. The Hall–Kier alpha value is -2.93. The third-order valence-electron chi connectivity index (χ3n) is 5.99. The van der Waals surface area contributed by atoms with Crippen LogP contribution in [0.1, 0.15) is 33.5 Å². The summed E-state index contributed by atoms with van der Waals surface area (Å²) in [5.41, 5.74) is 4.01. The minimum absolute atomic E-state index is 0.0125. The molecule has 5 nitrogen and oxygen atoms in total. The normalized spacial score (nSPS) is 17.9. The van der Waals surface area contributed by atoms with Crippen LogP contribution in [0.15, 0.2) is 30.5 Å². The summed E-state index contributed by atoms with van der Waals surface area (Å²) in [7, 11) is 0. The van der Waals surface area contributed by atoms with Gasteiger partial charge < -0.3 is 20.4 Å². The van der Waals surface area contributed by atoms with Gasteiger partial charge in [-0.15, -0.1) is 0 Å². The highest BCUT2D eigenvalue weighted by atomic mass is 19.1. The first-order valence-electron chi connectivity index (χ1n) is 10.3. The minimum Gasteiger partial charge on any atom is -0.489 e. The summed E-state index contributed by atoms with van der Waals surface area (Å²) >= 11 is 0. The third kappa shape index (κ3) is 3.43. The summed E-state index contributed by atoms with van der Waals surface area (Å²) in [5, 5.41) is 7.22. The average Bonchev–Trinajstić information content (AvgIpc) is 3.13. The molecule has 3 heterocycles. The van der Waals surface area contributed by atoms with Gasteiger partial charge in [-0.1, -0.05) is 0 Å². The molecule has 0 saturated carbocycles. The van der Waals surface area contributed by atoms with Crippen molar-refractivity contribution in [3.63, 3.8) is 0 Å². The first-order valence-corrected chi connectivity index (χ1v) is 10.3. The van der Waals surface area contributed by atoms with Crippen LogP contribution >= 0.6 is 0 Å². The van der Waals surface area contributed by atoms with Crippen LogP contribution in [0.3, 0.4) is 0 Å². The molecule has 0 radical (unpaired) electrons. The Kier molecular flexibility index (Phi) is 4.90. The highest BCUT2D eigenvalue weighted by molar-refractivity contribution is 5.99. The lowest BCUT2D eigenvalue weighted by atomic mass is 9.89. The highest BCUT2D eigenvalue weighted by Crippen LogP contribution is 2.34. The fraction of sp³-hybridized carbons (Fsp3) is 0.348. The summed E-state index contributed by atoms with van der Waals surface area (Å²) in [6, 6.07) is 6.21. The number of amides is 1. The van der Waals surface area contributed by atoms with Crippen LogP contribution in [-0.4, -0.2) is 36.6 Å². The molecule has 0 aliphatic carbocycles. The Labute approximate surface area is 172 Å². The Bertz CT molecular complexity index is 1130. The van der Waals surface area contributed by atoms with Gasteiger partial charge in [0, 0.05) is 40.8 Å². The molecule has 0 spiro atoms. The number of fused-ring (bicyclic) bond motifs is 4. The predicted octanol–water partition coefficient (Wildman–Crippen LogP) is 3.26. The fourth-order valence-corrected chi connectivity index (χ4v) is 4.53. The molecular weight excluding hydrogens is 388 g/mol. The maximum absolute atomic E-state index is 14.4. The monoisotopic (exact) mass is 411 g/mol. The van der Waals surface area contributed by atoms with Gasteiger partial charge in [0.05, 0.1) is 0 Å². The van der Waals surface area contributed by atoms with E-state index in [1.807, 2.05) is 6.20 Å². The molecule has 0 saturated heterocycles. The molecule has 7 heteroatoms. The Morgan fingerprint density at radius 2 is 2.13 bits per heavy atom. The fourth-order valence-electron chi connectivity index (χ4n) is 4.53. The van der Waals surface area contributed by atoms with Crippen LogP contribution in [0, 0.1) is 11.6 Å². The van der Waals surface area contributed by atoms with E-state index in [1.165, 1.54) is 12.1 Å². The summed E-state index contributed by atoms with van der Waals surface area (Å²) < 4.78 is 33.6. The van der Waals surface area contributed by atoms with Gasteiger partial charge in [0.25, 0.3) is 5.91 Å². The highest BCUT2D eigenvalue weighted by Gasteiger charge is 2.31. The van der Waals surface area contributed by atoms with Crippen LogP contribution in [0.2, 0.25) is 0 Å². The topological polar surface area (TPSA) is 66.2 Å². The van der Waals surface area contributed by atoms with E-state index < -0.39 is 0 Å². The summed E-state index contributed by atoms with van der Waals surface area (Å²) in [5.74, 6) is -0.560. The maximum atomic E-state index is 14.4. The summed E-state index contributed by atoms with van der Waals surface area (Å²) in [6.45, 7) is 1.64. The van der Waals surface area contributed by atoms with Crippen molar-refractivity contribution in [2.45, 2.75) is 31.7 Å². The molecule has 0 bridgehead atoms. The van der Waals surface area contributed by atoms with E-state index in [0.717, 1.165) is 41.4 Å². The molecule has 1 amide bonds. The number of carbonyl (C=O) groups excluding carboxylic acids is 1. The van der Waals surface area contributed by atoms with Crippen molar-refractivity contribution >= 4 is 16.8 Å². The summed E-state index contributed by atoms with van der Waals surface area (Å²) in [4.78, 5) is 15.5. The lowest BCUT2D eigenvalue weighted by molar-refractivity contribution is 0.0942. The van der Waals surface area contributed by atoms with Gasteiger partial charge in [-0.2, -0.15) is 0 Å². The number of aryl methyl sites for hydroxylation is 1. The molecule has 30 heavy (non-hydrogen) atoms. The SMILES string of the molecule is O=C1NCCc2cc(F)c3c(c21)CC(NCCCc1c[nH]c2ccc(F)cc12)CO3. The zero-order valence-corrected chi connectivity index (χ0v) is 16.5. The van der Waals surface area contributed by atoms with Gasteiger partial charge in [-0.25, -0.2) is 8.78 Å². The van der Waals surface area contributed by atoms with Crippen LogP contribution in [0.4, 0.5) is 8.78 Å². The standard InChI is InChI=1S/C23H23F2N3O2/c24-15-3-4-20-17(9-15)14(11-28-20)2-1-6-26-16-10-18-21-13(5-7-27-23(21)29)8-19(25)22(18)30-12-16/h3-4,8-9,11,16,26,28H,1-2,5-7,10,12H2,(H,27,29). The van der Waals surface area contributed by atoms with Crippen LogP contribution < -0.4 is 15.4 Å². The van der Waals surface area contributed by atoms with Crippen LogP contribution in [0.25, 0.3) is 10.9 Å². The molecule has 1 unspecified atom stereocenters. The first kappa shape index (κ1) is 19.1. The van der Waals surface area contributed by atoms with Gasteiger partial charge in [-0.3, -0.25) is 4.79 Å². The second kappa shape index (κ2) is 7.72. The van der Waals surface area contributed by atoms with Gasteiger partial charge >= 0.3 is 0 Å². The first-order chi connectivity index (χ1) is 14.6. The number of aromatic amines is 1. The van der Waals surface area contributed by atoms with Crippen molar-refractivity contribution < 1.29 is 18.3 Å². The number of halogens is 2. The van der Waals surface area contributed by atoms with Gasteiger partial charge in [0.1, 0.15) is 12.4 Å². The predicted molar refractivity (Wildman–Crippen MR) is 110 cm³/mol. The van der Waals surface area contributed by atoms with Crippen LogP contribution in [-0.2, 0) is 19.3 Å². The molecule has 5 rings (SSSR count). The molecule has 2 aliphatic rings. The molecule has 2 aromatic carbocycles. The Morgan fingerprint density at radius 3 is 3.03 bits per heavy atom. The Morgan fingerprint density at radius 1 is 1.23 bits per heavy atom. The van der Waals surface area contributed by atoms with E-state index >= 15 is 0 Å². The molecule has 156 valence electrons. The zero-order valence-electron chi connectivity index (χ0n) is 16.5. The van der Waals surface area contributed by atoms with Crippen molar-refractivity contribution in [1.29, 1.82) is 0 Å². The number of ether oxygens (including phenoxy) is 1. The number of benzene rings is 2. The van der Waals surface area contributed by atoms with E-state index in [4.69, 9.17) is 4.74 Å². The van der Waals surface area contributed by atoms with Gasteiger partial charge in [0.2, 0.25) is 0 Å². The number of carbonyl (C=O) groups is 1. The van der Waals surface area contributed by atoms with Crippen molar-refractivity contribution in [3.8, 4) is 5.75 Å². The van der Waals surface area contributed by atoms with Crippen molar-refractivity contribution in [3.05, 3.63) is 64.4 Å². The van der Waals surface area contributed by atoms with Crippen molar-refractivity contribution in [2.75, 3.05) is 19.7 Å². The van der Waals surface area contributed by atoms with E-state index in [9.17, 15) is 13.6 Å². The number of rotatable bonds is 5. The molecule has 1 atom stereocenters. The number of aromatic nitrogens is 1. The summed E-state index contributed by atoms with van der Waals surface area (Å²) in [6.07, 6.45) is 4.80. The minimum atomic E-state index is -0.386. The van der Waals surface area contributed by atoms with Crippen molar-refractivity contribution in [2.24, 2.45) is 0 Å². The van der Waals surface area contributed by atoms with E-state index in [0.29, 0.717) is 37.1 Å². The number of hydrogen-bond donors (Lipinski definition) is 3. The lowest BCUT2D eigenvalue weighted by Gasteiger charge is -2.30. The molecule has 1 aromatic heterocycles. The maximum Gasteiger partial charge on any atom is 0.251 e. The third-order valence-corrected chi connectivity index (χ3v) is 5.99. The van der Waals surface area contributed by atoms with E-state index in [1.54, 1.807) is 12.1 Å². The van der Waals surface area contributed by atoms with Crippen molar-refractivity contribution in [1.82, 2.24) is 15.6 Å². The van der Waals surface area contributed by atoms with E-state index in [-0.39, 0.29) is 29.3 Å². The second-order valence-corrected chi connectivity index (χ2v) is 7.98.